The minimum atomic E-state index is -4.64. The van der Waals surface area contributed by atoms with Crippen molar-refractivity contribution in [2.75, 3.05) is 13.1 Å². The van der Waals surface area contributed by atoms with E-state index in [1.165, 1.54) is 0 Å². The van der Waals surface area contributed by atoms with Crippen LogP contribution in [-0.4, -0.2) is 35.0 Å². The van der Waals surface area contributed by atoms with E-state index in [4.69, 9.17) is 16.7 Å². The third-order valence-corrected chi connectivity index (χ3v) is 2.80. The zero-order valence-corrected chi connectivity index (χ0v) is 11.8. The fourth-order valence-electron chi connectivity index (χ4n) is 1.74. The summed E-state index contributed by atoms with van der Waals surface area (Å²) in [6.45, 7) is 1.26. The lowest BCUT2D eigenvalue weighted by Gasteiger charge is -2.20. The van der Waals surface area contributed by atoms with Crippen molar-refractivity contribution in [3.05, 3.63) is 34.3 Å². The van der Waals surface area contributed by atoms with E-state index in [0.717, 1.165) is 11.0 Å². The van der Waals surface area contributed by atoms with Crippen LogP contribution in [0.5, 0.6) is 0 Å². The number of aliphatic carboxylic acids is 1. The first-order valence-corrected chi connectivity index (χ1v) is 6.41. The van der Waals surface area contributed by atoms with Crippen molar-refractivity contribution in [1.82, 2.24) is 4.90 Å². The molecule has 1 amide bonds. The number of amides is 1. The Labute approximate surface area is 124 Å². The van der Waals surface area contributed by atoms with Crippen molar-refractivity contribution in [2.45, 2.75) is 19.5 Å². The molecule has 0 fully saturated rings. The summed E-state index contributed by atoms with van der Waals surface area (Å²) in [5.74, 6) is -2.04. The summed E-state index contributed by atoms with van der Waals surface area (Å²) in [6.07, 6.45) is -4.16. The Bertz CT molecular complexity index is 546. The van der Waals surface area contributed by atoms with Crippen LogP contribution < -0.4 is 0 Å². The van der Waals surface area contributed by atoms with Crippen molar-refractivity contribution in [1.29, 1.82) is 0 Å². The van der Waals surface area contributed by atoms with E-state index in [9.17, 15) is 22.8 Å². The van der Waals surface area contributed by atoms with Crippen LogP contribution in [0.3, 0.4) is 0 Å². The summed E-state index contributed by atoms with van der Waals surface area (Å²) in [7, 11) is 0. The van der Waals surface area contributed by atoms with E-state index in [2.05, 4.69) is 0 Å². The Morgan fingerprint density at radius 2 is 1.90 bits per heavy atom. The Hall–Kier alpha value is -1.76. The highest BCUT2D eigenvalue weighted by Crippen LogP contribution is 2.32. The molecule has 1 aromatic rings. The summed E-state index contributed by atoms with van der Waals surface area (Å²) in [5, 5.41) is 8.51. The van der Waals surface area contributed by atoms with Gasteiger partial charge in [0.15, 0.2) is 0 Å². The number of halogens is 4. The van der Waals surface area contributed by atoms with Crippen LogP contribution in [0.2, 0.25) is 5.02 Å². The third-order valence-electron chi connectivity index (χ3n) is 2.58. The number of nitrogens with zero attached hydrogens (tertiary/aromatic N) is 1. The molecule has 0 aromatic heterocycles. The number of benzene rings is 1. The number of carbonyl (C=O) groups excluding carboxylic acids is 1. The molecule has 0 aliphatic heterocycles. The molecule has 1 aromatic carbocycles. The van der Waals surface area contributed by atoms with E-state index in [0.29, 0.717) is 18.6 Å². The molecule has 0 saturated heterocycles. The van der Waals surface area contributed by atoms with Crippen LogP contribution in [0.15, 0.2) is 18.2 Å². The minimum absolute atomic E-state index is 0.124. The predicted molar refractivity (Wildman–Crippen MR) is 70.3 cm³/mol. The van der Waals surface area contributed by atoms with Crippen LogP contribution in [0.4, 0.5) is 13.2 Å². The van der Waals surface area contributed by atoms with Gasteiger partial charge in [-0.05, 0) is 24.6 Å². The normalized spacial score (nSPS) is 11.3. The topological polar surface area (TPSA) is 57.6 Å². The number of hydrogen-bond donors (Lipinski definition) is 1. The molecule has 0 aliphatic rings. The molecule has 0 atom stereocenters. The van der Waals surface area contributed by atoms with Crippen LogP contribution in [0.1, 0.15) is 29.3 Å². The number of hydrogen-bond acceptors (Lipinski definition) is 2. The SMILES string of the molecule is CCCN(CC(=O)O)C(=O)c1cc(Cl)cc(C(F)(F)F)c1. The maximum absolute atomic E-state index is 12.7. The van der Waals surface area contributed by atoms with Gasteiger partial charge in [0.25, 0.3) is 5.91 Å². The molecule has 4 nitrogen and oxygen atoms in total. The van der Waals surface area contributed by atoms with Crippen LogP contribution in [0.25, 0.3) is 0 Å². The molecule has 8 heteroatoms. The van der Waals surface area contributed by atoms with Crippen molar-refractivity contribution in [3.8, 4) is 0 Å². The first-order chi connectivity index (χ1) is 9.65. The molecule has 0 spiro atoms. The minimum Gasteiger partial charge on any atom is -0.480 e. The molecule has 0 bridgehead atoms. The summed E-state index contributed by atoms with van der Waals surface area (Å²) < 4.78 is 38.1. The monoisotopic (exact) mass is 323 g/mol. The van der Waals surface area contributed by atoms with Gasteiger partial charge in [-0.2, -0.15) is 13.2 Å². The average molecular weight is 324 g/mol. The van der Waals surface area contributed by atoms with Gasteiger partial charge in [-0.1, -0.05) is 18.5 Å². The van der Waals surface area contributed by atoms with Crippen LogP contribution >= 0.6 is 11.6 Å². The fourth-order valence-corrected chi connectivity index (χ4v) is 1.98. The van der Waals surface area contributed by atoms with Gasteiger partial charge in [0.05, 0.1) is 5.56 Å². The average Bonchev–Trinajstić information content (AvgIpc) is 2.35. The number of rotatable bonds is 5. The van der Waals surface area contributed by atoms with E-state index in [-0.39, 0.29) is 17.1 Å². The second-order valence-corrected chi connectivity index (χ2v) is 4.78. The number of carboxylic acids is 1. The van der Waals surface area contributed by atoms with Gasteiger partial charge in [0.1, 0.15) is 6.54 Å². The largest absolute Gasteiger partial charge is 0.480 e. The zero-order chi connectivity index (χ0) is 16.2. The Morgan fingerprint density at radius 1 is 1.29 bits per heavy atom. The molecule has 0 aliphatic carbocycles. The highest BCUT2D eigenvalue weighted by molar-refractivity contribution is 6.31. The van der Waals surface area contributed by atoms with E-state index >= 15 is 0 Å². The fraction of sp³-hybridized carbons (Fsp3) is 0.385. The zero-order valence-electron chi connectivity index (χ0n) is 11.1. The lowest BCUT2D eigenvalue weighted by atomic mass is 10.1. The van der Waals surface area contributed by atoms with Gasteiger partial charge in [-0.25, -0.2) is 0 Å². The molecule has 116 valence electrons. The van der Waals surface area contributed by atoms with Crippen molar-refractivity contribution in [3.63, 3.8) is 0 Å². The number of alkyl halides is 3. The molecular formula is C13H13ClF3NO3. The van der Waals surface area contributed by atoms with E-state index in [1.54, 1.807) is 6.92 Å². The molecular weight excluding hydrogens is 311 g/mol. The van der Waals surface area contributed by atoms with Crippen molar-refractivity contribution < 1.29 is 27.9 Å². The first kappa shape index (κ1) is 17.3. The van der Waals surface area contributed by atoms with Crippen LogP contribution in [-0.2, 0) is 11.0 Å². The second kappa shape index (κ2) is 6.80. The lowest BCUT2D eigenvalue weighted by molar-refractivity contribution is -0.138. The smallest absolute Gasteiger partial charge is 0.416 e. The van der Waals surface area contributed by atoms with Gasteiger partial charge in [-0.15, -0.1) is 0 Å². The maximum Gasteiger partial charge on any atom is 0.416 e. The second-order valence-electron chi connectivity index (χ2n) is 4.35. The molecule has 21 heavy (non-hydrogen) atoms. The van der Waals surface area contributed by atoms with Gasteiger partial charge < -0.3 is 10.0 Å². The van der Waals surface area contributed by atoms with Gasteiger partial charge in [0, 0.05) is 17.1 Å². The molecule has 0 radical (unpaired) electrons. The molecule has 1 N–H and O–H groups in total. The van der Waals surface area contributed by atoms with Gasteiger partial charge >= 0.3 is 12.1 Å². The highest BCUT2D eigenvalue weighted by Gasteiger charge is 2.32. The Morgan fingerprint density at radius 3 is 2.38 bits per heavy atom. The van der Waals surface area contributed by atoms with Crippen molar-refractivity contribution >= 4 is 23.5 Å². The van der Waals surface area contributed by atoms with Crippen LogP contribution in [0, 0.1) is 0 Å². The summed E-state index contributed by atoms with van der Waals surface area (Å²) in [5.41, 5.74) is -1.34. The van der Waals surface area contributed by atoms with Crippen molar-refractivity contribution in [2.24, 2.45) is 0 Å². The number of carbonyl (C=O) groups is 2. The lowest BCUT2D eigenvalue weighted by Crippen LogP contribution is -2.36. The molecule has 0 heterocycles. The quantitative estimate of drug-likeness (QED) is 0.904. The van der Waals surface area contributed by atoms with E-state index in [1.807, 2.05) is 0 Å². The standard InChI is InChI=1S/C13H13ClF3NO3/c1-2-3-18(7-11(19)20)12(21)8-4-9(13(15,16)17)6-10(14)5-8/h4-6H,2-3,7H2,1H3,(H,19,20). The first-order valence-electron chi connectivity index (χ1n) is 6.04. The molecule has 1 rings (SSSR count). The Balaban J connectivity index is 3.15. The number of carboxylic acid groups (broad SMARTS) is 1. The molecule has 0 unspecified atom stereocenters. The Kier molecular flexibility index (Phi) is 5.60. The van der Waals surface area contributed by atoms with E-state index < -0.39 is 30.2 Å². The summed E-state index contributed by atoms with van der Waals surface area (Å²) in [6, 6.07) is 2.46. The highest BCUT2D eigenvalue weighted by atomic mass is 35.5. The van der Waals surface area contributed by atoms with Gasteiger partial charge in [0.2, 0.25) is 0 Å². The summed E-state index contributed by atoms with van der Waals surface area (Å²) in [4.78, 5) is 23.8. The third kappa shape index (κ3) is 4.93. The summed E-state index contributed by atoms with van der Waals surface area (Å²) >= 11 is 5.60. The predicted octanol–water partition coefficient (Wildman–Crippen LogP) is 3.30. The van der Waals surface area contributed by atoms with Gasteiger partial charge in [-0.3, -0.25) is 9.59 Å². The molecule has 0 saturated carbocycles. The maximum atomic E-state index is 12.7.